The number of hydrogen-bond donors (Lipinski definition) is 4. The Hall–Kier alpha value is -3.28. The molecule has 3 fully saturated rings. The van der Waals surface area contributed by atoms with Crippen molar-refractivity contribution < 1.29 is 29.6 Å². The molecule has 2 amide bonds. The van der Waals surface area contributed by atoms with Crippen LogP contribution in [0.5, 0.6) is 0 Å². The summed E-state index contributed by atoms with van der Waals surface area (Å²) in [6, 6.07) is 9.36. The van der Waals surface area contributed by atoms with Gasteiger partial charge in [-0.3, -0.25) is 29.8 Å². The van der Waals surface area contributed by atoms with Gasteiger partial charge in [-0.1, -0.05) is 24.3 Å². The molecular weight excluding hydrogens is 588 g/mol. The van der Waals surface area contributed by atoms with E-state index in [4.69, 9.17) is 0 Å². The highest BCUT2D eigenvalue weighted by atomic mass is 32.2. The van der Waals surface area contributed by atoms with E-state index in [0.717, 1.165) is 23.9 Å². The summed E-state index contributed by atoms with van der Waals surface area (Å²) in [5.74, 6) is -0.869. The van der Waals surface area contributed by atoms with Crippen molar-refractivity contribution in [3.63, 3.8) is 0 Å². The molecule has 42 heavy (non-hydrogen) atoms. The van der Waals surface area contributed by atoms with Gasteiger partial charge >= 0.3 is 0 Å². The predicted octanol–water partition coefficient (Wildman–Crippen LogP) is 1.85. The standard InChI is InChI=1S/C26H30N6O8S2/c33-15-9-11-19(29(13-15)41-21-7-3-1-5-17(21)31(37)38)23-25(35)28-24(26(36)27-23)20-12-10-16(34)14-30(20)42-22-8-4-2-6-18(22)32(39)40/h1-8,15-16,19-20,23-24,33-34H,9-14H2,(H,27,36)(H,28,35). The summed E-state index contributed by atoms with van der Waals surface area (Å²) in [6.07, 6.45) is 0.117. The molecule has 224 valence electrons. The number of carbonyl (C=O) groups is 2. The number of aliphatic hydroxyl groups is 2. The highest BCUT2D eigenvalue weighted by molar-refractivity contribution is 7.97. The van der Waals surface area contributed by atoms with Gasteiger partial charge in [0.15, 0.2) is 0 Å². The third-order valence-corrected chi connectivity index (χ3v) is 9.99. The number of piperidine rings is 2. The Kier molecular flexibility index (Phi) is 9.29. The zero-order valence-electron chi connectivity index (χ0n) is 22.3. The summed E-state index contributed by atoms with van der Waals surface area (Å²) in [4.78, 5) is 49.9. The summed E-state index contributed by atoms with van der Waals surface area (Å²) < 4.78 is 3.43. The van der Waals surface area contributed by atoms with Crippen molar-refractivity contribution in [1.82, 2.24) is 19.2 Å². The van der Waals surface area contributed by atoms with Crippen LogP contribution in [0.3, 0.4) is 0 Å². The highest BCUT2D eigenvalue weighted by Gasteiger charge is 2.47. The van der Waals surface area contributed by atoms with E-state index in [1.807, 2.05) is 0 Å². The molecule has 16 heteroatoms. The minimum atomic E-state index is -0.970. The summed E-state index contributed by atoms with van der Waals surface area (Å²) in [6.45, 7) is 0.288. The van der Waals surface area contributed by atoms with Gasteiger partial charge in [-0.15, -0.1) is 0 Å². The van der Waals surface area contributed by atoms with Gasteiger partial charge in [0.25, 0.3) is 11.4 Å². The number of nitro benzene ring substituents is 2. The van der Waals surface area contributed by atoms with Crippen LogP contribution in [-0.2, 0) is 9.59 Å². The number of nitrogens with one attached hydrogen (secondary N) is 2. The number of amides is 2. The second-order valence-corrected chi connectivity index (χ2v) is 12.6. The van der Waals surface area contributed by atoms with E-state index in [9.17, 15) is 40.0 Å². The van der Waals surface area contributed by atoms with E-state index in [1.54, 1.807) is 45.0 Å². The second-order valence-electron chi connectivity index (χ2n) is 10.4. The smallest absolute Gasteiger partial charge is 0.284 e. The van der Waals surface area contributed by atoms with E-state index in [0.29, 0.717) is 35.5 Å². The molecule has 2 aromatic rings. The van der Waals surface area contributed by atoms with E-state index >= 15 is 0 Å². The van der Waals surface area contributed by atoms with Crippen molar-refractivity contribution >= 4 is 47.1 Å². The Morgan fingerprint density at radius 3 is 1.45 bits per heavy atom. The van der Waals surface area contributed by atoms with Gasteiger partial charge in [-0.2, -0.15) is 0 Å². The Labute approximate surface area is 249 Å². The molecule has 2 aromatic carbocycles. The maximum atomic E-state index is 13.5. The monoisotopic (exact) mass is 618 g/mol. The van der Waals surface area contributed by atoms with Crippen molar-refractivity contribution in [2.75, 3.05) is 13.1 Å². The van der Waals surface area contributed by atoms with Crippen molar-refractivity contribution in [2.45, 2.75) is 71.8 Å². The first-order valence-corrected chi connectivity index (χ1v) is 15.0. The fourth-order valence-electron chi connectivity index (χ4n) is 5.54. The molecule has 3 aliphatic heterocycles. The topological polar surface area (TPSA) is 191 Å². The number of carbonyl (C=O) groups excluding carboxylic acids is 2. The Morgan fingerprint density at radius 1 is 0.690 bits per heavy atom. The Bertz CT molecular complexity index is 1270. The molecular formula is C26H30N6O8S2. The van der Waals surface area contributed by atoms with Crippen molar-refractivity contribution in [2.24, 2.45) is 0 Å². The zero-order chi connectivity index (χ0) is 30.0. The summed E-state index contributed by atoms with van der Waals surface area (Å²) >= 11 is 2.14. The van der Waals surface area contributed by atoms with Gasteiger partial charge < -0.3 is 20.8 Å². The van der Waals surface area contributed by atoms with Gasteiger partial charge in [-0.05, 0) is 61.7 Å². The molecule has 0 aliphatic carbocycles. The van der Waals surface area contributed by atoms with E-state index in [2.05, 4.69) is 10.6 Å². The number of hydrogen-bond acceptors (Lipinski definition) is 12. The number of β-amino-alcohol motifs (C(OH)–C–C–N with tert-alkyl or cyclic N) is 2. The van der Waals surface area contributed by atoms with Crippen LogP contribution in [0.1, 0.15) is 25.7 Å². The molecule has 0 bridgehead atoms. The fourth-order valence-corrected chi connectivity index (χ4v) is 8.02. The van der Waals surface area contributed by atoms with E-state index in [1.165, 1.54) is 12.1 Å². The fraction of sp³-hybridized carbons (Fsp3) is 0.462. The summed E-state index contributed by atoms with van der Waals surface area (Å²) in [5.41, 5.74) is -0.205. The van der Waals surface area contributed by atoms with Crippen molar-refractivity contribution in [3.8, 4) is 0 Å². The van der Waals surface area contributed by atoms with Crippen LogP contribution in [0, 0.1) is 20.2 Å². The highest BCUT2D eigenvalue weighted by Crippen LogP contribution is 2.39. The average Bonchev–Trinajstić information content (AvgIpc) is 2.95. The Balaban J connectivity index is 1.34. The molecule has 3 saturated heterocycles. The number of rotatable bonds is 8. The quantitative estimate of drug-likeness (QED) is 0.191. The molecule has 6 atom stereocenters. The lowest BCUT2D eigenvalue weighted by atomic mass is 9.90. The number of nitrogens with zero attached hydrogens (tertiary/aromatic N) is 4. The van der Waals surface area contributed by atoms with Crippen LogP contribution >= 0.6 is 23.9 Å². The van der Waals surface area contributed by atoms with Gasteiger partial charge in [0.2, 0.25) is 11.8 Å². The number of nitro groups is 2. The first-order valence-electron chi connectivity index (χ1n) is 13.4. The maximum absolute atomic E-state index is 13.5. The van der Waals surface area contributed by atoms with Crippen LogP contribution < -0.4 is 10.6 Å². The number of aliphatic hydroxyl groups excluding tert-OH is 2. The first-order chi connectivity index (χ1) is 20.1. The number of para-hydroxylation sites is 2. The minimum absolute atomic E-state index is 0.103. The molecule has 3 heterocycles. The van der Waals surface area contributed by atoms with Crippen LogP contribution in [0.4, 0.5) is 11.4 Å². The van der Waals surface area contributed by atoms with Crippen LogP contribution in [0.15, 0.2) is 58.3 Å². The molecule has 6 unspecified atom stereocenters. The molecule has 5 rings (SSSR count). The van der Waals surface area contributed by atoms with Gasteiger partial charge in [0, 0.05) is 25.2 Å². The summed E-state index contributed by atoms with van der Waals surface area (Å²) in [5, 5.41) is 49.5. The molecule has 0 radical (unpaired) electrons. The third-order valence-electron chi connectivity index (χ3n) is 7.60. The van der Waals surface area contributed by atoms with Crippen LogP contribution in [0.2, 0.25) is 0 Å². The van der Waals surface area contributed by atoms with Gasteiger partial charge in [0.05, 0.1) is 34.1 Å². The molecule has 14 nitrogen and oxygen atoms in total. The van der Waals surface area contributed by atoms with Gasteiger partial charge in [-0.25, -0.2) is 8.61 Å². The van der Waals surface area contributed by atoms with Crippen molar-refractivity contribution in [3.05, 3.63) is 68.8 Å². The molecule has 4 N–H and O–H groups in total. The van der Waals surface area contributed by atoms with Crippen LogP contribution in [0.25, 0.3) is 0 Å². The lowest BCUT2D eigenvalue weighted by Crippen LogP contribution is -2.71. The predicted molar refractivity (Wildman–Crippen MR) is 153 cm³/mol. The number of piperazine rings is 1. The minimum Gasteiger partial charge on any atom is -0.392 e. The Morgan fingerprint density at radius 2 is 1.07 bits per heavy atom. The number of benzene rings is 2. The average molecular weight is 619 g/mol. The normalized spacial score (nSPS) is 29.0. The molecule has 0 saturated carbocycles. The first kappa shape index (κ1) is 30.2. The second kappa shape index (κ2) is 12.9. The lowest BCUT2D eigenvalue weighted by Gasteiger charge is -2.46. The molecule has 0 aromatic heterocycles. The third kappa shape index (κ3) is 6.53. The largest absolute Gasteiger partial charge is 0.392 e. The lowest BCUT2D eigenvalue weighted by molar-refractivity contribution is -0.387. The molecule has 3 aliphatic rings. The zero-order valence-corrected chi connectivity index (χ0v) is 23.9. The van der Waals surface area contributed by atoms with Crippen LogP contribution in [-0.4, -0.2) is 89.9 Å². The van der Waals surface area contributed by atoms with E-state index < -0.39 is 58.0 Å². The van der Waals surface area contributed by atoms with Gasteiger partial charge in [0.1, 0.15) is 21.9 Å². The molecule has 0 spiro atoms. The van der Waals surface area contributed by atoms with Crippen molar-refractivity contribution in [1.29, 1.82) is 0 Å². The maximum Gasteiger partial charge on any atom is 0.284 e. The summed E-state index contributed by atoms with van der Waals surface area (Å²) in [7, 11) is 0. The van der Waals surface area contributed by atoms with E-state index in [-0.39, 0.29) is 24.5 Å². The SMILES string of the molecule is O=C1NC(C2CCC(O)CN2Sc2ccccc2[N+](=O)[O-])C(=O)NC1C1CCC(O)CN1Sc1ccccc1[N+](=O)[O-].